The monoisotopic (exact) mass is 248 g/mol. The quantitative estimate of drug-likeness (QED) is 0.307. The highest BCUT2D eigenvalue weighted by atomic mass is 16.4. The molecule has 1 aromatic heterocycles. The Morgan fingerprint density at radius 3 is 3.11 bits per heavy atom. The third kappa shape index (κ3) is 3.43. The largest absolute Gasteiger partial charge is 0.409 e. The molecule has 0 radical (unpaired) electrons. The number of nitrogens with zero attached hydrogens (tertiary/aromatic N) is 2. The summed E-state index contributed by atoms with van der Waals surface area (Å²) in [6.45, 7) is 4.11. The summed E-state index contributed by atoms with van der Waals surface area (Å²) in [5.41, 5.74) is 7.10. The molecule has 0 amide bonds. The Labute approximate surface area is 107 Å². The predicted molar refractivity (Wildman–Crippen MR) is 70.3 cm³/mol. The van der Waals surface area contributed by atoms with Gasteiger partial charge in [0.05, 0.1) is 0 Å². The van der Waals surface area contributed by atoms with Crippen LogP contribution in [0.5, 0.6) is 0 Å². The normalized spacial score (nSPS) is 17.7. The van der Waals surface area contributed by atoms with Crippen molar-refractivity contribution in [3.8, 4) is 0 Å². The Morgan fingerprint density at radius 1 is 1.67 bits per heavy atom. The van der Waals surface area contributed by atoms with E-state index in [9.17, 15) is 0 Å². The van der Waals surface area contributed by atoms with Crippen molar-refractivity contribution in [2.24, 2.45) is 22.7 Å². The van der Waals surface area contributed by atoms with Crippen LogP contribution in [0.2, 0.25) is 0 Å². The molecule has 5 nitrogen and oxygen atoms in total. The summed E-state index contributed by atoms with van der Waals surface area (Å²) >= 11 is 0. The van der Waals surface area contributed by atoms with Gasteiger partial charge in [0.15, 0.2) is 5.84 Å². The van der Waals surface area contributed by atoms with Crippen molar-refractivity contribution in [1.29, 1.82) is 0 Å². The van der Waals surface area contributed by atoms with Gasteiger partial charge in [-0.1, -0.05) is 12.1 Å². The molecule has 0 aromatic carbocycles. The summed E-state index contributed by atoms with van der Waals surface area (Å²) in [7, 11) is 0. The third-order valence-electron chi connectivity index (χ3n) is 3.42. The molecule has 18 heavy (non-hydrogen) atoms. The van der Waals surface area contributed by atoms with Crippen molar-refractivity contribution >= 4 is 5.84 Å². The Bertz CT molecular complexity index is 429. The molecule has 1 unspecified atom stereocenters. The first kappa shape index (κ1) is 12.8. The SMILES string of the molecule is CC(CNCc1ccnc(/C(N)=N/O)c1)C1CC1. The van der Waals surface area contributed by atoms with Crippen LogP contribution in [0.25, 0.3) is 0 Å². The maximum Gasteiger partial charge on any atom is 0.188 e. The zero-order chi connectivity index (χ0) is 13.0. The Hall–Kier alpha value is -1.62. The molecule has 1 aliphatic carbocycles. The minimum Gasteiger partial charge on any atom is -0.409 e. The lowest BCUT2D eigenvalue weighted by Crippen LogP contribution is -2.22. The van der Waals surface area contributed by atoms with E-state index in [-0.39, 0.29) is 5.84 Å². The molecule has 1 heterocycles. The van der Waals surface area contributed by atoms with E-state index in [2.05, 4.69) is 22.4 Å². The highest BCUT2D eigenvalue weighted by Crippen LogP contribution is 2.36. The molecule has 98 valence electrons. The van der Waals surface area contributed by atoms with Gasteiger partial charge in [0, 0.05) is 12.7 Å². The molecule has 1 atom stereocenters. The lowest BCUT2D eigenvalue weighted by molar-refractivity contribution is 0.318. The minimum absolute atomic E-state index is 0.0446. The number of aromatic nitrogens is 1. The first-order valence-corrected chi connectivity index (χ1v) is 6.34. The molecule has 1 fully saturated rings. The van der Waals surface area contributed by atoms with Crippen LogP contribution in [0, 0.1) is 11.8 Å². The van der Waals surface area contributed by atoms with E-state index in [1.165, 1.54) is 12.8 Å². The number of oxime groups is 1. The van der Waals surface area contributed by atoms with E-state index in [1.807, 2.05) is 12.1 Å². The predicted octanol–water partition coefficient (Wildman–Crippen LogP) is 1.31. The molecule has 2 rings (SSSR count). The topological polar surface area (TPSA) is 83.5 Å². The zero-order valence-corrected chi connectivity index (χ0v) is 10.6. The number of rotatable bonds is 6. The van der Waals surface area contributed by atoms with Gasteiger partial charge in [-0.05, 0) is 48.9 Å². The molecule has 5 heteroatoms. The average Bonchev–Trinajstić information content (AvgIpc) is 3.22. The summed E-state index contributed by atoms with van der Waals surface area (Å²) in [4.78, 5) is 4.05. The first-order chi connectivity index (χ1) is 8.70. The van der Waals surface area contributed by atoms with Gasteiger partial charge in [0.1, 0.15) is 5.69 Å². The third-order valence-corrected chi connectivity index (χ3v) is 3.42. The summed E-state index contributed by atoms with van der Waals surface area (Å²) < 4.78 is 0. The van der Waals surface area contributed by atoms with Gasteiger partial charge in [0.25, 0.3) is 0 Å². The first-order valence-electron chi connectivity index (χ1n) is 6.34. The Balaban J connectivity index is 1.85. The van der Waals surface area contributed by atoms with Gasteiger partial charge in [0.2, 0.25) is 0 Å². The number of pyridine rings is 1. The van der Waals surface area contributed by atoms with Crippen LogP contribution in [0.1, 0.15) is 31.0 Å². The van der Waals surface area contributed by atoms with Gasteiger partial charge >= 0.3 is 0 Å². The van der Waals surface area contributed by atoms with Crippen LogP contribution in [0.3, 0.4) is 0 Å². The van der Waals surface area contributed by atoms with E-state index >= 15 is 0 Å². The van der Waals surface area contributed by atoms with Crippen molar-refractivity contribution in [1.82, 2.24) is 10.3 Å². The van der Waals surface area contributed by atoms with E-state index in [0.29, 0.717) is 5.69 Å². The van der Waals surface area contributed by atoms with Crippen molar-refractivity contribution in [3.63, 3.8) is 0 Å². The highest BCUT2D eigenvalue weighted by Gasteiger charge is 2.27. The van der Waals surface area contributed by atoms with Crippen LogP contribution < -0.4 is 11.1 Å². The van der Waals surface area contributed by atoms with Gasteiger partial charge in [-0.25, -0.2) is 0 Å². The molecule has 1 aliphatic rings. The smallest absolute Gasteiger partial charge is 0.188 e. The fraction of sp³-hybridized carbons (Fsp3) is 0.538. The summed E-state index contributed by atoms with van der Waals surface area (Å²) in [6.07, 6.45) is 4.44. The zero-order valence-electron chi connectivity index (χ0n) is 10.6. The van der Waals surface area contributed by atoms with Crippen LogP contribution in [-0.4, -0.2) is 22.6 Å². The van der Waals surface area contributed by atoms with Crippen molar-refractivity contribution in [2.45, 2.75) is 26.3 Å². The van der Waals surface area contributed by atoms with E-state index in [1.54, 1.807) is 6.20 Å². The van der Waals surface area contributed by atoms with Crippen LogP contribution in [0.15, 0.2) is 23.5 Å². The van der Waals surface area contributed by atoms with Crippen LogP contribution in [0.4, 0.5) is 0 Å². The molecule has 0 aliphatic heterocycles. The fourth-order valence-electron chi connectivity index (χ4n) is 2.05. The number of nitrogens with one attached hydrogen (secondary N) is 1. The second kappa shape index (κ2) is 5.82. The maximum absolute atomic E-state index is 8.60. The second-order valence-corrected chi connectivity index (χ2v) is 4.98. The Morgan fingerprint density at radius 2 is 2.44 bits per heavy atom. The lowest BCUT2D eigenvalue weighted by atomic mass is 10.1. The van der Waals surface area contributed by atoms with E-state index < -0.39 is 0 Å². The van der Waals surface area contributed by atoms with Crippen molar-refractivity contribution in [3.05, 3.63) is 29.6 Å². The summed E-state index contributed by atoms with van der Waals surface area (Å²) in [5.74, 6) is 1.71. The fourth-order valence-corrected chi connectivity index (χ4v) is 2.05. The molecule has 1 aromatic rings. The van der Waals surface area contributed by atoms with Gasteiger partial charge < -0.3 is 16.3 Å². The molecule has 0 saturated heterocycles. The molecular formula is C13H20N4O. The Kier molecular flexibility index (Phi) is 4.15. The van der Waals surface area contributed by atoms with Crippen molar-refractivity contribution < 1.29 is 5.21 Å². The minimum atomic E-state index is 0.0446. The standard InChI is InChI=1S/C13H20N4O/c1-9(11-2-3-11)7-15-8-10-4-5-16-12(6-10)13(14)17-18/h4-6,9,11,15,18H,2-3,7-8H2,1H3,(H2,14,17). The number of hydrogen-bond acceptors (Lipinski definition) is 4. The highest BCUT2D eigenvalue weighted by molar-refractivity contribution is 5.95. The molecule has 0 bridgehead atoms. The molecule has 0 spiro atoms. The van der Waals surface area contributed by atoms with Gasteiger partial charge in [-0.15, -0.1) is 0 Å². The number of amidine groups is 1. The molecule has 1 saturated carbocycles. The van der Waals surface area contributed by atoms with Crippen LogP contribution >= 0.6 is 0 Å². The number of hydrogen-bond donors (Lipinski definition) is 3. The lowest BCUT2D eigenvalue weighted by Gasteiger charge is -2.11. The average molecular weight is 248 g/mol. The number of nitrogens with two attached hydrogens (primary N) is 1. The van der Waals surface area contributed by atoms with E-state index in [4.69, 9.17) is 10.9 Å². The molecule has 4 N–H and O–H groups in total. The van der Waals surface area contributed by atoms with E-state index in [0.717, 1.165) is 30.5 Å². The second-order valence-electron chi connectivity index (χ2n) is 4.98. The maximum atomic E-state index is 8.60. The van der Waals surface area contributed by atoms with Gasteiger partial charge in [-0.3, -0.25) is 4.98 Å². The van der Waals surface area contributed by atoms with Crippen molar-refractivity contribution in [2.75, 3.05) is 6.54 Å². The van der Waals surface area contributed by atoms with Crippen LogP contribution in [-0.2, 0) is 6.54 Å². The summed E-state index contributed by atoms with van der Waals surface area (Å²) in [6, 6.07) is 3.77. The van der Waals surface area contributed by atoms with Gasteiger partial charge in [-0.2, -0.15) is 0 Å². The molecular weight excluding hydrogens is 228 g/mol. The summed E-state index contributed by atoms with van der Waals surface area (Å²) in [5, 5.41) is 15.0.